The van der Waals surface area contributed by atoms with Gasteiger partial charge in [-0.25, -0.2) is 9.97 Å². The number of nitrogens with zero attached hydrogens (tertiary/aromatic N) is 2. The summed E-state index contributed by atoms with van der Waals surface area (Å²) in [5.74, 6) is 0.267. The minimum Gasteiger partial charge on any atom is -0.382 e. The summed E-state index contributed by atoms with van der Waals surface area (Å²) in [4.78, 5) is 7.91. The highest BCUT2D eigenvalue weighted by Gasteiger charge is 2.09. The summed E-state index contributed by atoms with van der Waals surface area (Å²) < 4.78 is 0. The van der Waals surface area contributed by atoms with Crippen molar-refractivity contribution in [3.05, 3.63) is 40.1 Å². The molecule has 1 aromatic carbocycles. The number of halogens is 2. The molecule has 0 saturated carbocycles. The fraction of sp³-hybridized carbons (Fsp3) is 0.0909. The van der Waals surface area contributed by atoms with Gasteiger partial charge in [-0.3, -0.25) is 0 Å². The third-order valence-electron chi connectivity index (χ3n) is 2.26. The highest BCUT2D eigenvalue weighted by molar-refractivity contribution is 6.35. The lowest BCUT2D eigenvalue weighted by Gasteiger charge is -2.06. The molecule has 0 aliphatic heterocycles. The Kier molecular flexibility index (Phi) is 2.99. The van der Waals surface area contributed by atoms with Crippen LogP contribution in [0.4, 0.5) is 5.82 Å². The maximum absolute atomic E-state index is 6.04. The Morgan fingerprint density at radius 1 is 1.19 bits per heavy atom. The number of aryl methyl sites for hydroxylation is 1. The van der Waals surface area contributed by atoms with Gasteiger partial charge in [0, 0.05) is 10.6 Å². The summed E-state index contributed by atoms with van der Waals surface area (Å²) in [5, 5.41) is 1.02. The van der Waals surface area contributed by atoms with Gasteiger partial charge in [0.2, 0.25) is 0 Å². The summed E-state index contributed by atoms with van der Waals surface area (Å²) in [5.41, 5.74) is 8.04. The number of nitrogen functional groups attached to an aromatic ring is 1. The second-order valence-corrected chi connectivity index (χ2v) is 4.17. The molecule has 0 atom stereocenters. The first-order valence-electron chi connectivity index (χ1n) is 4.62. The van der Waals surface area contributed by atoms with Crippen LogP contribution in [0, 0.1) is 6.92 Å². The lowest BCUT2D eigenvalue weighted by Crippen LogP contribution is -1.95. The molecule has 0 bridgehead atoms. The number of hydrogen-bond donors (Lipinski definition) is 1. The van der Waals surface area contributed by atoms with Crippen molar-refractivity contribution in [1.29, 1.82) is 0 Å². The second-order valence-electron chi connectivity index (χ2n) is 3.39. The minimum absolute atomic E-state index is 0.267. The molecule has 5 heteroatoms. The quantitative estimate of drug-likeness (QED) is 0.849. The van der Waals surface area contributed by atoms with E-state index >= 15 is 0 Å². The zero-order valence-corrected chi connectivity index (χ0v) is 10.0. The highest BCUT2D eigenvalue weighted by atomic mass is 35.5. The van der Waals surface area contributed by atoms with Crippen molar-refractivity contribution >= 4 is 29.0 Å². The topological polar surface area (TPSA) is 51.8 Å². The molecule has 2 aromatic rings. The molecule has 0 saturated heterocycles. The Bertz CT molecular complexity index is 541. The van der Waals surface area contributed by atoms with Crippen LogP contribution in [0.1, 0.15) is 5.56 Å². The molecule has 1 heterocycles. The SMILES string of the molecule is Cc1ccc(-c2ncnc(N)c2Cl)cc1Cl. The molecule has 0 aliphatic carbocycles. The van der Waals surface area contributed by atoms with Crippen LogP contribution < -0.4 is 5.73 Å². The van der Waals surface area contributed by atoms with Crippen LogP contribution in [0.5, 0.6) is 0 Å². The van der Waals surface area contributed by atoms with Crippen molar-refractivity contribution < 1.29 is 0 Å². The number of nitrogens with two attached hydrogens (primary N) is 1. The van der Waals surface area contributed by atoms with Gasteiger partial charge in [0.1, 0.15) is 17.2 Å². The first-order chi connectivity index (χ1) is 7.59. The maximum Gasteiger partial charge on any atom is 0.146 e. The van der Waals surface area contributed by atoms with Gasteiger partial charge in [-0.2, -0.15) is 0 Å². The zero-order chi connectivity index (χ0) is 11.7. The van der Waals surface area contributed by atoms with Crippen molar-refractivity contribution in [3.63, 3.8) is 0 Å². The average Bonchev–Trinajstić information content (AvgIpc) is 2.26. The predicted molar refractivity (Wildman–Crippen MR) is 66.6 cm³/mol. The van der Waals surface area contributed by atoms with E-state index < -0.39 is 0 Å². The van der Waals surface area contributed by atoms with E-state index in [0.29, 0.717) is 15.7 Å². The molecule has 0 amide bonds. The van der Waals surface area contributed by atoms with Crippen LogP contribution in [-0.2, 0) is 0 Å². The van der Waals surface area contributed by atoms with Gasteiger partial charge in [-0.05, 0) is 18.6 Å². The van der Waals surface area contributed by atoms with Gasteiger partial charge in [0.25, 0.3) is 0 Å². The first kappa shape index (κ1) is 11.2. The second kappa shape index (κ2) is 4.28. The average molecular weight is 254 g/mol. The number of anilines is 1. The summed E-state index contributed by atoms with van der Waals surface area (Å²) >= 11 is 12.1. The van der Waals surface area contributed by atoms with Crippen molar-refractivity contribution in [1.82, 2.24) is 9.97 Å². The molecule has 0 aliphatic rings. The molecule has 3 nitrogen and oxygen atoms in total. The lowest BCUT2D eigenvalue weighted by atomic mass is 10.1. The van der Waals surface area contributed by atoms with E-state index in [1.807, 2.05) is 25.1 Å². The van der Waals surface area contributed by atoms with Crippen LogP contribution in [0.3, 0.4) is 0 Å². The zero-order valence-electron chi connectivity index (χ0n) is 8.54. The summed E-state index contributed by atoms with van der Waals surface area (Å²) in [6.07, 6.45) is 1.38. The predicted octanol–water partition coefficient (Wildman–Crippen LogP) is 3.34. The molecule has 16 heavy (non-hydrogen) atoms. The third-order valence-corrected chi connectivity index (χ3v) is 3.04. The van der Waals surface area contributed by atoms with Crippen molar-refractivity contribution in [3.8, 4) is 11.3 Å². The standard InChI is InChI=1S/C11H9Cl2N3/c1-6-2-3-7(4-8(6)12)10-9(13)11(14)16-5-15-10/h2-5H,1H3,(H2,14,15,16). The monoisotopic (exact) mass is 253 g/mol. The van der Waals surface area contributed by atoms with Gasteiger partial charge in [0.05, 0.1) is 5.69 Å². The smallest absolute Gasteiger partial charge is 0.146 e. The Hall–Kier alpha value is -1.32. The number of benzene rings is 1. The molecule has 1 aromatic heterocycles. The molecule has 0 fully saturated rings. The van der Waals surface area contributed by atoms with E-state index in [0.717, 1.165) is 11.1 Å². The number of rotatable bonds is 1. The fourth-order valence-electron chi connectivity index (χ4n) is 1.32. The van der Waals surface area contributed by atoms with E-state index in [9.17, 15) is 0 Å². The van der Waals surface area contributed by atoms with Gasteiger partial charge >= 0.3 is 0 Å². The van der Waals surface area contributed by atoms with Crippen LogP contribution in [-0.4, -0.2) is 9.97 Å². The molecule has 0 spiro atoms. The largest absolute Gasteiger partial charge is 0.382 e. The van der Waals surface area contributed by atoms with Crippen LogP contribution >= 0.6 is 23.2 Å². The molecule has 0 unspecified atom stereocenters. The Morgan fingerprint density at radius 2 is 1.94 bits per heavy atom. The Balaban J connectivity index is 2.59. The minimum atomic E-state index is 0.267. The Labute approximate surface area is 103 Å². The number of aromatic nitrogens is 2. The van der Waals surface area contributed by atoms with Gasteiger partial charge < -0.3 is 5.73 Å². The van der Waals surface area contributed by atoms with E-state index in [1.54, 1.807) is 0 Å². The van der Waals surface area contributed by atoms with Gasteiger partial charge in [0.15, 0.2) is 0 Å². The molecule has 82 valence electrons. The summed E-state index contributed by atoms with van der Waals surface area (Å²) in [7, 11) is 0. The van der Waals surface area contributed by atoms with Crippen LogP contribution in [0.25, 0.3) is 11.3 Å². The summed E-state index contributed by atoms with van der Waals surface area (Å²) in [6, 6.07) is 5.62. The van der Waals surface area contributed by atoms with Crippen LogP contribution in [0.2, 0.25) is 10.0 Å². The van der Waals surface area contributed by atoms with Crippen molar-refractivity contribution in [2.45, 2.75) is 6.92 Å². The summed E-state index contributed by atoms with van der Waals surface area (Å²) in [6.45, 7) is 1.93. The van der Waals surface area contributed by atoms with E-state index in [-0.39, 0.29) is 5.82 Å². The molecular weight excluding hydrogens is 245 g/mol. The Morgan fingerprint density at radius 3 is 2.62 bits per heavy atom. The molecule has 2 N–H and O–H groups in total. The normalized spacial score (nSPS) is 10.4. The molecular formula is C11H9Cl2N3. The van der Waals surface area contributed by atoms with Crippen molar-refractivity contribution in [2.24, 2.45) is 0 Å². The van der Waals surface area contributed by atoms with Crippen molar-refractivity contribution in [2.75, 3.05) is 5.73 Å². The number of hydrogen-bond acceptors (Lipinski definition) is 3. The van der Waals surface area contributed by atoms with Gasteiger partial charge in [-0.15, -0.1) is 0 Å². The highest BCUT2D eigenvalue weighted by Crippen LogP contribution is 2.30. The van der Waals surface area contributed by atoms with Gasteiger partial charge in [-0.1, -0.05) is 35.3 Å². The lowest BCUT2D eigenvalue weighted by molar-refractivity contribution is 1.18. The van der Waals surface area contributed by atoms with Crippen LogP contribution in [0.15, 0.2) is 24.5 Å². The molecule has 0 radical (unpaired) electrons. The molecule has 2 rings (SSSR count). The fourth-order valence-corrected chi connectivity index (χ4v) is 1.71. The first-order valence-corrected chi connectivity index (χ1v) is 5.37. The van der Waals surface area contributed by atoms with E-state index in [1.165, 1.54) is 6.33 Å². The maximum atomic E-state index is 6.04. The van der Waals surface area contributed by atoms with E-state index in [2.05, 4.69) is 9.97 Å². The van der Waals surface area contributed by atoms with E-state index in [4.69, 9.17) is 28.9 Å². The third kappa shape index (κ3) is 1.96.